The van der Waals surface area contributed by atoms with Crippen molar-refractivity contribution in [1.82, 2.24) is 9.97 Å². The van der Waals surface area contributed by atoms with Crippen LogP contribution in [0.25, 0.3) is 10.2 Å². The molecule has 2 N–H and O–H groups in total. The second-order valence-corrected chi connectivity index (χ2v) is 5.57. The molecule has 1 aliphatic heterocycles. The number of anilines is 1. The van der Waals surface area contributed by atoms with Crippen LogP contribution in [0.1, 0.15) is 22.4 Å². The first-order valence-electron chi connectivity index (χ1n) is 5.89. The summed E-state index contributed by atoms with van der Waals surface area (Å²) in [6.07, 6.45) is -0.201. The average Bonchev–Trinajstić information content (AvgIpc) is 2.66. The normalized spacial score (nSPS) is 20.4. The summed E-state index contributed by atoms with van der Waals surface area (Å²) >= 11 is 1.64. The number of aromatic nitrogens is 2. The Morgan fingerprint density at radius 1 is 1.28 bits per heavy atom. The van der Waals surface area contributed by atoms with Crippen LogP contribution in [0.15, 0.2) is 0 Å². The van der Waals surface area contributed by atoms with E-state index in [0.29, 0.717) is 31.5 Å². The van der Waals surface area contributed by atoms with Crippen LogP contribution >= 0.6 is 11.3 Å². The summed E-state index contributed by atoms with van der Waals surface area (Å²) in [5, 5.41) is 0.970. The van der Waals surface area contributed by atoms with Gasteiger partial charge < -0.3 is 15.2 Å². The summed E-state index contributed by atoms with van der Waals surface area (Å²) in [5.74, 6) is 1.16. The van der Waals surface area contributed by atoms with Gasteiger partial charge in [-0.1, -0.05) is 0 Å². The van der Waals surface area contributed by atoms with Crippen LogP contribution in [-0.2, 0) is 9.47 Å². The molecule has 96 valence electrons. The third kappa shape index (κ3) is 1.86. The Kier molecular flexibility index (Phi) is 2.93. The maximum absolute atomic E-state index is 6.04. The molecule has 0 bridgehead atoms. The van der Waals surface area contributed by atoms with E-state index in [0.717, 1.165) is 10.2 Å². The fourth-order valence-corrected chi connectivity index (χ4v) is 3.12. The minimum absolute atomic E-state index is 0.201. The van der Waals surface area contributed by atoms with Crippen LogP contribution in [0.2, 0.25) is 0 Å². The van der Waals surface area contributed by atoms with Gasteiger partial charge >= 0.3 is 0 Å². The maximum atomic E-state index is 6.04. The Labute approximate surface area is 109 Å². The highest BCUT2D eigenvalue weighted by molar-refractivity contribution is 7.18. The van der Waals surface area contributed by atoms with Gasteiger partial charge in [-0.05, 0) is 19.4 Å². The number of nitrogens with two attached hydrogens (primary N) is 1. The van der Waals surface area contributed by atoms with Gasteiger partial charge in [0.05, 0.1) is 25.2 Å². The Morgan fingerprint density at radius 3 is 2.83 bits per heavy atom. The van der Waals surface area contributed by atoms with Crippen LogP contribution in [0, 0.1) is 13.8 Å². The van der Waals surface area contributed by atoms with Crippen molar-refractivity contribution in [3.8, 4) is 0 Å². The van der Waals surface area contributed by atoms with Crippen LogP contribution in [0.3, 0.4) is 0 Å². The summed E-state index contributed by atoms with van der Waals surface area (Å²) < 4.78 is 11.0. The van der Waals surface area contributed by atoms with E-state index < -0.39 is 0 Å². The Balaban J connectivity index is 2.09. The lowest BCUT2D eigenvalue weighted by atomic mass is 10.2. The van der Waals surface area contributed by atoms with E-state index >= 15 is 0 Å². The Morgan fingerprint density at radius 2 is 2.11 bits per heavy atom. The lowest BCUT2D eigenvalue weighted by Gasteiger charge is -2.21. The molecule has 0 amide bonds. The zero-order valence-corrected chi connectivity index (χ0v) is 11.2. The largest absolute Gasteiger partial charge is 0.383 e. The van der Waals surface area contributed by atoms with E-state index in [1.807, 2.05) is 6.92 Å². The van der Waals surface area contributed by atoms with Gasteiger partial charge in [0, 0.05) is 4.88 Å². The van der Waals surface area contributed by atoms with Gasteiger partial charge in [0.2, 0.25) is 0 Å². The monoisotopic (exact) mass is 265 g/mol. The highest BCUT2D eigenvalue weighted by Gasteiger charge is 2.22. The SMILES string of the molecule is Cc1sc2nc(C3COCCO3)nc(N)c2c1C. The first kappa shape index (κ1) is 11.8. The number of rotatable bonds is 1. The molecule has 0 radical (unpaired) electrons. The third-order valence-electron chi connectivity index (χ3n) is 3.18. The Hall–Kier alpha value is -1.24. The highest BCUT2D eigenvalue weighted by Crippen LogP contribution is 2.33. The molecule has 2 aromatic heterocycles. The summed E-state index contributed by atoms with van der Waals surface area (Å²) in [6, 6.07) is 0. The van der Waals surface area contributed by atoms with E-state index in [4.69, 9.17) is 15.2 Å². The summed E-state index contributed by atoms with van der Waals surface area (Å²) in [4.78, 5) is 11.1. The fraction of sp³-hybridized carbons (Fsp3) is 0.500. The lowest BCUT2D eigenvalue weighted by Crippen LogP contribution is -2.23. The second-order valence-electron chi connectivity index (χ2n) is 4.36. The van der Waals surface area contributed by atoms with Gasteiger partial charge in [-0.15, -0.1) is 11.3 Å². The third-order valence-corrected chi connectivity index (χ3v) is 4.28. The number of aryl methyl sites for hydroxylation is 2. The molecule has 0 aliphatic carbocycles. The summed E-state index contributed by atoms with van der Waals surface area (Å²) in [6.45, 7) is 5.82. The molecule has 5 nitrogen and oxygen atoms in total. The first-order valence-corrected chi connectivity index (χ1v) is 6.71. The highest BCUT2D eigenvalue weighted by atomic mass is 32.1. The van der Waals surface area contributed by atoms with Crippen molar-refractivity contribution in [3.63, 3.8) is 0 Å². The van der Waals surface area contributed by atoms with Gasteiger partial charge in [-0.3, -0.25) is 0 Å². The number of fused-ring (bicyclic) bond motifs is 1. The molecule has 1 unspecified atom stereocenters. The van der Waals surface area contributed by atoms with Crippen molar-refractivity contribution in [1.29, 1.82) is 0 Å². The van der Waals surface area contributed by atoms with Crippen molar-refractivity contribution in [3.05, 3.63) is 16.3 Å². The van der Waals surface area contributed by atoms with Crippen molar-refractivity contribution in [2.75, 3.05) is 25.6 Å². The zero-order chi connectivity index (χ0) is 12.7. The zero-order valence-electron chi connectivity index (χ0n) is 10.4. The number of thiophene rings is 1. The average molecular weight is 265 g/mol. The molecule has 3 heterocycles. The maximum Gasteiger partial charge on any atom is 0.163 e. The number of ether oxygens (including phenoxy) is 2. The molecular weight excluding hydrogens is 250 g/mol. The van der Waals surface area contributed by atoms with Crippen LogP contribution in [0.5, 0.6) is 0 Å². The van der Waals surface area contributed by atoms with E-state index in [1.165, 1.54) is 10.4 Å². The lowest BCUT2D eigenvalue weighted by molar-refractivity contribution is -0.0933. The molecule has 0 aromatic carbocycles. The minimum Gasteiger partial charge on any atom is -0.383 e. The molecule has 6 heteroatoms. The molecule has 0 saturated carbocycles. The number of hydrogen-bond acceptors (Lipinski definition) is 6. The molecule has 18 heavy (non-hydrogen) atoms. The van der Waals surface area contributed by atoms with Gasteiger partial charge in [-0.25, -0.2) is 9.97 Å². The van der Waals surface area contributed by atoms with Gasteiger partial charge in [0.15, 0.2) is 5.82 Å². The number of nitrogen functional groups attached to an aromatic ring is 1. The number of hydrogen-bond donors (Lipinski definition) is 1. The summed E-state index contributed by atoms with van der Waals surface area (Å²) in [7, 11) is 0. The van der Waals surface area contributed by atoms with Gasteiger partial charge in [0.1, 0.15) is 16.8 Å². The van der Waals surface area contributed by atoms with Crippen LogP contribution in [-0.4, -0.2) is 29.8 Å². The quantitative estimate of drug-likeness (QED) is 0.853. The van der Waals surface area contributed by atoms with E-state index in [9.17, 15) is 0 Å². The smallest absolute Gasteiger partial charge is 0.163 e. The minimum atomic E-state index is -0.201. The van der Waals surface area contributed by atoms with Gasteiger partial charge in [-0.2, -0.15) is 0 Å². The van der Waals surface area contributed by atoms with Crippen molar-refractivity contribution < 1.29 is 9.47 Å². The van der Waals surface area contributed by atoms with E-state index in [2.05, 4.69) is 16.9 Å². The molecular formula is C12H15N3O2S. The van der Waals surface area contributed by atoms with Crippen LogP contribution in [0.4, 0.5) is 5.82 Å². The topological polar surface area (TPSA) is 70.3 Å². The van der Waals surface area contributed by atoms with Crippen LogP contribution < -0.4 is 5.73 Å². The molecule has 1 aliphatic rings. The molecule has 1 fully saturated rings. The Bertz CT molecular complexity index is 591. The van der Waals surface area contributed by atoms with Crippen molar-refractivity contribution in [2.45, 2.75) is 20.0 Å². The predicted molar refractivity (Wildman–Crippen MR) is 70.8 cm³/mol. The molecule has 3 rings (SSSR count). The van der Waals surface area contributed by atoms with Crippen molar-refractivity contribution >= 4 is 27.4 Å². The van der Waals surface area contributed by atoms with E-state index in [1.54, 1.807) is 11.3 Å². The standard InChI is InChI=1S/C12H15N3O2S/c1-6-7(2)18-12-9(6)10(13)14-11(15-12)8-5-16-3-4-17-8/h8H,3-5H2,1-2H3,(H2,13,14,15). The predicted octanol–water partition coefficient (Wildman–Crippen LogP) is 1.98. The summed E-state index contributed by atoms with van der Waals surface area (Å²) in [5.41, 5.74) is 7.20. The van der Waals surface area contributed by atoms with Crippen molar-refractivity contribution in [2.24, 2.45) is 0 Å². The molecule has 2 aromatic rings. The number of nitrogens with zero attached hydrogens (tertiary/aromatic N) is 2. The van der Waals surface area contributed by atoms with Gasteiger partial charge in [0.25, 0.3) is 0 Å². The second kappa shape index (κ2) is 4.46. The van der Waals surface area contributed by atoms with E-state index in [-0.39, 0.29) is 6.10 Å². The molecule has 0 spiro atoms. The fourth-order valence-electron chi connectivity index (χ4n) is 2.08. The first-order chi connectivity index (χ1) is 8.66. The molecule has 1 saturated heterocycles. The molecule has 1 atom stereocenters.